The first-order valence-corrected chi connectivity index (χ1v) is 13.9. The highest BCUT2D eigenvalue weighted by Crippen LogP contribution is 2.34. The lowest BCUT2D eigenvalue weighted by Gasteiger charge is -2.14. The molecule has 1 aliphatic carbocycles. The fourth-order valence-corrected chi connectivity index (χ4v) is 5.86. The van der Waals surface area contributed by atoms with Gasteiger partial charge in [-0.2, -0.15) is 0 Å². The van der Waals surface area contributed by atoms with Crippen molar-refractivity contribution in [2.45, 2.75) is 37.7 Å². The van der Waals surface area contributed by atoms with Crippen molar-refractivity contribution in [1.29, 1.82) is 0 Å². The van der Waals surface area contributed by atoms with E-state index in [9.17, 15) is 13.2 Å². The van der Waals surface area contributed by atoms with Crippen LogP contribution in [0.1, 0.15) is 37.1 Å². The zero-order chi connectivity index (χ0) is 26.0. The van der Waals surface area contributed by atoms with Gasteiger partial charge in [-0.25, -0.2) is 13.2 Å². The quantitative estimate of drug-likeness (QED) is 0.276. The van der Waals surface area contributed by atoms with Crippen molar-refractivity contribution in [1.82, 2.24) is 5.16 Å². The number of aryl methyl sites for hydroxylation is 1. The Morgan fingerprint density at radius 2 is 1.57 bits per heavy atom. The summed E-state index contributed by atoms with van der Waals surface area (Å²) >= 11 is 0. The average molecular weight is 517 g/mol. The Balaban J connectivity index is 1.29. The number of nitrogens with zero attached hydrogens (tertiary/aromatic N) is 1. The number of rotatable bonds is 8. The van der Waals surface area contributed by atoms with Crippen LogP contribution in [0.5, 0.6) is 0 Å². The molecular formula is C29H28N2O5S. The molecule has 0 bridgehead atoms. The van der Waals surface area contributed by atoms with Gasteiger partial charge in [0.15, 0.2) is 15.6 Å². The molecule has 1 atom stereocenters. The van der Waals surface area contributed by atoms with Crippen molar-refractivity contribution in [2.24, 2.45) is 5.92 Å². The van der Waals surface area contributed by atoms with Crippen LogP contribution in [0.15, 0.2) is 88.3 Å². The standard InChI is InChI=1S/C29H28N2O5S/c1-19-27(30-29(32)35-20(2)22-6-4-3-5-7-22)28(36-31-19)25-12-10-23(11-13-25)24-14-16-26(17-15-24)37(33,34)18-21-8-9-21/h3-7,10-17,20-21H,8-9,18H2,1-2H3,(H,30,32)/t20-/m1/s1. The molecule has 7 nitrogen and oxygen atoms in total. The van der Waals surface area contributed by atoms with Crippen LogP contribution in [-0.2, 0) is 14.6 Å². The molecule has 0 spiro atoms. The van der Waals surface area contributed by atoms with Gasteiger partial charge in [0.05, 0.1) is 10.6 Å². The van der Waals surface area contributed by atoms with E-state index in [-0.39, 0.29) is 5.75 Å². The molecule has 0 saturated heterocycles. The summed E-state index contributed by atoms with van der Waals surface area (Å²) in [4.78, 5) is 12.9. The van der Waals surface area contributed by atoms with Gasteiger partial charge >= 0.3 is 6.09 Å². The van der Waals surface area contributed by atoms with Crippen molar-refractivity contribution in [3.63, 3.8) is 0 Å². The molecule has 1 heterocycles. The molecule has 1 fully saturated rings. The SMILES string of the molecule is Cc1noc(-c2ccc(-c3ccc(S(=O)(=O)CC4CC4)cc3)cc2)c1NC(=O)O[C@H](C)c1ccccc1. The summed E-state index contributed by atoms with van der Waals surface area (Å²) in [5.41, 5.74) is 4.44. The van der Waals surface area contributed by atoms with Gasteiger partial charge in [0.25, 0.3) is 0 Å². The van der Waals surface area contributed by atoms with Gasteiger partial charge in [-0.3, -0.25) is 5.32 Å². The molecule has 8 heteroatoms. The van der Waals surface area contributed by atoms with E-state index in [2.05, 4.69) is 10.5 Å². The lowest BCUT2D eigenvalue weighted by molar-refractivity contribution is 0.121. The number of hydrogen-bond acceptors (Lipinski definition) is 6. The molecule has 190 valence electrons. The Morgan fingerprint density at radius 1 is 0.973 bits per heavy atom. The molecule has 3 aromatic carbocycles. The monoisotopic (exact) mass is 516 g/mol. The summed E-state index contributed by atoms with van der Waals surface area (Å²) in [6.45, 7) is 3.56. The van der Waals surface area contributed by atoms with Crippen molar-refractivity contribution in [3.05, 3.63) is 90.1 Å². The number of sulfone groups is 1. The smallest absolute Gasteiger partial charge is 0.412 e. The number of ether oxygens (including phenoxy) is 1. The minimum atomic E-state index is -3.24. The summed E-state index contributed by atoms with van der Waals surface area (Å²) in [5, 5.41) is 6.79. The maximum Gasteiger partial charge on any atom is 0.412 e. The largest absolute Gasteiger partial charge is 0.441 e. The molecule has 1 aromatic heterocycles. The predicted molar refractivity (Wildman–Crippen MR) is 142 cm³/mol. The summed E-state index contributed by atoms with van der Waals surface area (Å²) in [6, 6.07) is 24.1. The van der Waals surface area contributed by atoms with E-state index in [1.165, 1.54) is 0 Å². The predicted octanol–water partition coefficient (Wildman–Crippen LogP) is 6.81. The Morgan fingerprint density at radius 3 is 2.19 bits per heavy atom. The molecule has 1 saturated carbocycles. The average Bonchev–Trinajstić information content (AvgIpc) is 3.64. The third kappa shape index (κ3) is 5.75. The van der Waals surface area contributed by atoms with Crippen LogP contribution in [0.2, 0.25) is 0 Å². The number of nitrogens with one attached hydrogen (secondary N) is 1. The number of benzene rings is 3. The van der Waals surface area contributed by atoms with Crippen LogP contribution in [0, 0.1) is 12.8 Å². The van der Waals surface area contributed by atoms with Gasteiger partial charge < -0.3 is 9.26 Å². The molecule has 37 heavy (non-hydrogen) atoms. The van der Waals surface area contributed by atoms with Crippen LogP contribution in [0.25, 0.3) is 22.5 Å². The maximum atomic E-state index is 12.6. The van der Waals surface area contributed by atoms with Crippen molar-refractivity contribution in [2.75, 3.05) is 11.1 Å². The second-order valence-electron chi connectivity index (χ2n) is 9.38. The number of aromatic nitrogens is 1. The first-order valence-electron chi connectivity index (χ1n) is 12.2. The lowest BCUT2D eigenvalue weighted by Crippen LogP contribution is -2.16. The number of hydrogen-bond donors (Lipinski definition) is 1. The van der Waals surface area contributed by atoms with Crippen molar-refractivity contribution < 1.29 is 22.5 Å². The van der Waals surface area contributed by atoms with Crippen molar-refractivity contribution in [3.8, 4) is 22.5 Å². The van der Waals surface area contributed by atoms with E-state index < -0.39 is 22.0 Å². The minimum absolute atomic E-state index is 0.229. The van der Waals surface area contributed by atoms with Gasteiger partial charge in [0, 0.05) is 5.56 Å². The second kappa shape index (κ2) is 10.2. The van der Waals surface area contributed by atoms with Crippen molar-refractivity contribution >= 4 is 21.6 Å². The number of carbonyl (C=O) groups excluding carboxylic acids is 1. The Kier molecular flexibility index (Phi) is 6.84. The van der Waals surface area contributed by atoms with Gasteiger partial charge in [-0.15, -0.1) is 0 Å². The van der Waals surface area contributed by atoms with Gasteiger partial charge in [0.1, 0.15) is 17.5 Å². The van der Waals surface area contributed by atoms with E-state index >= 15 is 0 Å². The number of amides is 1. The van der Waals surface area contributed by atoms with E-state index in [1.54, 1.807) is 19.1 Å². The number of carbonyl (C=O) groups is 1. The van der Waals surface area contributed by atoms with Gasteiger partial charge in [0.2, 0.25) is 0 Å². The third-order valence-electron chi connectivity index (χ3n) is 6.49. The van der Waals surface area contributed by atoms with E-state index in [0.717, 1.165) is 35.1 Å². The number of anilines is 1. The van der Waals surface area contributed by atoms with Crippen LogP contribution < -0.4 is 5.32 Å². The Labute approximate surface area is 216 Å². The molecule has 0 unspecified atom stereocenters. The van der Waals surface area contributed by atoms with E-state index in [0.29, 0.717) is 28.0 Å². The molecule has 5 rings (SSSR count). The highest BCUT2D eigenvalue weighted by molar-refractivity contribution is 7.91. The maximum absolute atomic E-state index is 12.6. The summed E-state index contributed by atoms with van der Waals surface area (Å²) in [7, 11) is -3.24. The molecular weight excluding hydrogens is 488 g/mol. The zero-order valence-corrected chi connectivity index (χ0v) is 21.5. The summed E-state index contributed by atoms with van der Waals surface area (Å²) < 4.78 is 36.1. The summed E-state index contributed by atoms with van der Waals surface area (Å²) in [5.74, 6) is 0.965. The second-order valence-corrected chi connectivity index (χ2v) is 11.4. The highest BCUT2D eigenvalue weighted by Gasteiger charge is 2.29. The van der Waals surface area contributed by atoms with Gasteiger partial charge in [-0.05, 0) is 61.4 Å². The minimum Gasteiger partial charge on any atom is -0.441 e. The zero-order valence-electron chi connectivity index (χ0n) is 20.7. The molecule has 0 radical (unpaired) electrons. The van der Waals surface area contributed by atoms with E-state index in [1.807, 2.05) is 73.7 Å². The first-order chi connectivity index (χ1) is 17.8. The van der Waals surface area contributed by atoms with Crippen LogP contribution in [0.4, 0.5) is 10.5 Å². The van der Waals surface area contributed by atoms with Crippen LogP contribution in [0.3, 0.4) is 0 Å². The lowest BCUT2D eigenvalue weighted by atomic mass is 10.0. The first kappa shape index (κ1) is 24.8. The Bertz CT molecular complexity index is 1490. The highest BCUT2D eigenvalue weighted by atomic mass is 32.2. The van der Waals surface area contributed by atoms with E-state index in [4.69, 9.17) is 9.26 Å². The van der Waals surface area contributed by atoms with Gasteiger partial charge in [-0.1, -0.05) is 71.9 Å². The molecule has 0 aliphatic heterocycles. The topological polar surface area (TPSA) is 98.5 Å². The summed E-state index contributed by atoms with van der Waals surface area (Å²) in [6.07, 6.45) is 0.982. The van der Waals surface area contributed by atoms with Crippen LogP contribution >= 0.6 is 0 Å². The Hall–Kier alpha value is -3.91. The molecule has 4 aromatic rings. The fourth-order valence-electron chi connectivity index (χ4n) is 4.16. The molecule has 1 N–H and O–H groups in total. The molecule has 1 aliphatic rings. The fraction of sp³-hybridized carbons (Fsp3) is 0.241. The molecule has 1 amide bonds. The third-order valence-corrected chi connectivity index (χ3v) is 8.39. The van der Waals surface area contributed by atoms with Crippen LogP contribution in [-0.4, -0.2) is 25.4 Å². The normalized spacial score (nSPS) is 14.2.